The van der Waals surface area contributed by atoms with Gasteiger partial charge in [-0.2, -0.15) is 0 Å². The van der Waals surface area contributed by atoms with E-state index in [-0.39, 0.29) is 18.6 Å². The van der Waals surface area contributed by atoms with Gasteiger partial charge in [0.25, 0.3) is 0 Å². The Labute approximate surface area is 120 Å². The summed E-state index contributed by atoms with van der Waals surface area (Å²) in [5.41, 5.74) is 7.44. The van der Waals surface area contributed by atoms with Crippen LogP contribution in [0, 0.1) is 5.41 Å². The number of nitrogens with two attached hydrogens (primary N) is 1. The summed E-state index contributed by atoms with van der Waals surface area (Å²) < 4.78 is 5.70. The number of nitrogen functional groups attached to an aromatic ring is 1. The minimum Gasteiger partial charge on any atom is -0.399 e. The molecule has 0 radical (unpaired) electrons. The molecule has 0 atom stereocenters. The number of nitrogens with one attached hydrogen (secondary N) is 1. The van der Waals surface area contributed by atoms with Crippen molar-refractivity contribution in [2.75, 3.05) is 17.7 Å². The maximum Gasteiger partial charge on any atom is 0.250 e. The third-order valence-corrected chi connectivity index (χ3v) is 3.91. The molecule has 0 spiro atoms. The van der Waals surface area contributed by atoms with Crippen LogP contribution in [0.25, 0.3) is 0 Å². The highest BCUT2D eigenvalue weighted by atomic mass is 16.5. The maximum absolute atomic E-state index is 11.8. The number of rotatable bonds is 4. The Bertz CT molecular complexity index is 461. The van der Waals surface area contributed by atoms with E-state index in [0.29, 0.717) is 16.8 Å². The number of carbonyl (C=O) groups is 1. The van der Waals surface area contributed by atoms with Crippen LogP contribution < -0.4 is 11.1 Å². The molecule has 0 aromatic heterocycles. The van der Waals surface area contributed by atoms with Crippen LogP contribution in [0.3, 0.4) is 0 Å². The van der Waals surface area contributed by atoms with Crippen molar-refractivity contribution < 1.29 is 9.53 Å². The zero-order chi connectivity index (χ0) is 14.6. The highest BCUT2D eigenvalue weighted by Gasteiger charge is 2.27. The Morgan fingerprint density at radius 1 is 1.40 bits per heavy atom. The van der Waals surface area contributed by atoms with E-state index < -0.39 is 0 Å². The van der Waals surface area contributed by atoms with Gasteiger partial charge in [0.2, 0.25) is 5.91 Å². The van der Waals surface area contributed by atoms with Crippen molar-refractivity contribution in [2.45, 2.75) is 45.6 Å². The molecule has 0 heterocycles. The quantitative estimate of drug-likeness (QED) is 0.830. The Morgan fingerprint density at radius 3 is 2.75 bits per heavy atom. The molecule has 1 saturated carbocycles. The monoisotopic (exact) mass is 276 g/mol. The summed E-state index contributed by atoms with van der Waals surface area (Å²) in [6.45, 7) is 4.69. The number of ether oxygens (including phenoxy) is 1. The highest BCUT2D eigenvalue weighted by Crippen LogP contribution is 2.36. The molecule has 1 aliphatic rings. The third-order valence-electron chi connectivity index (χ3n) is 3.91. The molecule has 2 rings (SSSR count). The average molecular weight is 276 g/mol. The molecule has 1 aromatic carbocycles. The van der Waals surface area contributed by atoms with Crippen LogP contribution in [0.2, 0.25) is 0 Å². The van der Waals surface area contributed by atoms with E-state index in [1.807, 2.05) is 12.1 Å². The van der Waals surface area contributed by atoms with E-state index in [4.69, 9.17) is 10.5 Å². The molecule has 4 nitrogen and oxygen atoms in total. The van der Waals surface area contributed by atoms with Crippen molar-refractivity contribution in [3.05, 3.63) is 24.3 Å². The highest BCUT2D eigenvalue weighted by molar-refractivity contribution is 5.92. The van der Waals surface area contributed by atoms with Gasteiger partial charge in [0.05, 0.1) is 6.10 Å². The molecule has 1 fully saturated rings. The first kappa shape index (κ1) is 14.9. The Morgan fingerprint density at radius 2 is 2.10 bits per heavy atom. The summed E-state index contributed by atoms with van der Waals surface area (Å²) in [6, 6.07) is 7.16. The predicted octanol–water partition coefficient (Wildman–Crippen LogP) is 3.19. The number of benzene rings is 1. The van der Waals surface area contributed by atoms with E-state index in [2.05, 4.69) is 19.2 Å². The van der Waals surface area contributed by atoms with Crippen LogP contribution in [0.4, 0.5) is 11.4 Å². The fraction of sp³-hybridized carbons (Fsp3) is 0.562. The molecule has 110 valence electrons. The van der Waals surface area contributed by atoms with E-state index in [9.17, 15) is 4.79 Å². The van der Waals surface area contributed by atoms with E-state index in [0.717, 1.165) is 25.7 Å². The summed E-state index contributed by atoms with van der Waals surface area (Å²) in [6.07, 6.45) is 4.62. The lowest BCUT2D eigenvalue weighted by molar-refractivity contribution is -0.123. The van der Waals surface area contributed by atoms with Crippen LogP contribution in [-0.2, 0) is 9.53 Å². The van der Waals surface area contributed by atoms with Crippen molar-refractivity contribution in [3.8, 4) is 0 Å². The SMILES string of the molecule is CC1(C)CCC(OCC(=O)Nc2cccc(N)c2)CC1. The van der Waals surface area contributed by atoms with Crippen LogP contribution in [0.5, 0.6) is 0 Å². The summed E-state index contributed by atoms with van der Waals surface area (Å²) in [4.78, 5) is 11.8. The van der Waals surface area contributed by atoms with Gasteiger partial charge in [0.1, 0.15) is 6.61 Å². The number of carbonyl (C=O) groups excluding carboxylic acids is 1. The molecule has 0 aliphatic heterocycles. The van der Waals surface area contributed by atoms with Gasteiger partial charge in [-0.25, -0.2) is 0 Å². The third kappa shape index (κ3) is 4.53. The maximum atomic E-state index is 11.8. The van der Waals surface area contributed by atoms with Crippen molar-refractivity contribution in [2.24, 2.45) is 5.41 Å². The fourth-order valence-corrected chi connectivity index (χ4v) is 2.55. The molecule has 1 aliphatic carbocycles. The molecule has 20 heavy (non-hydrogen) atoms. The van der Waals surface area contributed by atoms with Crippen LogP contribution in [-0.4, -0.2) is 18.6 Å². The van der Waals surface area contributed by atoms with Crippen molar-refractivity contribution >= 4 is 17.3 Å². The summed E-state index contributed by atoms with van der Waals surface area (Å²) in [5, 5.41) is 2.79. The fourth-order valence-electron chi connectivity index (χ4n) is 2.55. The number of hydrogen-bond donors (Lipinski definition) is 2. The molecule has 1 amide bonds. The predicted molar refractivity (Wildman–Crippen MR) is 81.5 cm³/mol. The number of anilines is 2. The van der Waals surface area contributed by atoms with Gasteiger partial charge in [0.15, 0.2) is 0 Å². The lowest BCUT2D eigenvalue weighted by Gasteiger charge is -2.34. The van der Waals surface area contributed by atoms with E-state index in [1.54, 1.807) is 12.1 Å². The van der Waals surface area contributed by atoms with Gasteiger partial charge in [-0.3, -0.25) is 4.79 Å². The standard InChI is InChI=1S/C16H24N2O2/c1-16(2)8-6-14(7-9-16)20-11-15(19)18-13-5-3-4-12(17)10-13/h3-5,10,14H,6-9,11,17H2,1-2H3,(H,18,19). The molecular formula is C16H24N2O2. The van der Waals surface area contributed by atoms with E-state index >= 15 is 0 Å². The first-order valence-electron chi connectivity index (χ1n) is 7.22. The summed E-state index contributed by atoms with van der Waals surface area (Å²) in [7, 11) is 0. The molecule has 0 saturated heterocycles. The zero-order valence-corrected chi connectivity index (χ0v) is 12.3. The second kappa shape index (κ2) is 6.27. The van der Waals surface area contributed by atoms with Gasteiger partial charge >= 0.3 is 0 Å². The number of amides is 1. The Balaban J connectivity index is 1.73. The van der Waals surface area contributed by atoms with Gasteiger partial charge in [-0.1, -0.05) is 19.9 Å². The molecular weight excluding hydrogens is 252 g/mol. The average Bonchev–Trinajstić information content (AvgIpc) is 2.37. The summed E-state index contributed by atoms with van der Waals surface area (Å²) in [5.74, 6) is -0.125. The lowest BCUT2D eigenvalue weighted by atomic mass is 9.76. The van der Waals surface area contributed by atoms with Crippen molar-refractivity contribution in [1.82, 2.24) is 0 Å². The molecule has 1 aromatic rings. The number of hydrogen-bond acceptors (Lipinski definition) is 3. The van der Waals surface area contributed by atoms with Gasteiger partial charge in [0, 0.05) is 11.4 Å². The minimum atomic E-state index is -0.125. The first-order chi connectivity index (χ1) is 9.44. The van der Waals surface area contributed by atoms with Gasteiger partial charge in [-0.05, 0) is 49.3 Å². The first-order valence-corrected chi connectivity index (χ1v) is 7.22. The van der Waals surface area contributed by atoms with Crippen molar-refractivity contribution in [1.29, 1.82) is 0 Å². The van der Waals surface area contributed by atoms with Crippen molar-refractivity contribution in [3.63, 3.8) is 0 Å². The zero-order valence-electron chi connectivity index (χ0n) is 12.3. The van der Waals surface area contributed by atoms with Gasteiger partial charge in [-0.15, -0.1) is 0 Å². The Kier molecular flexibility index (Phi) is 4.65. The van der Waals surface area contributed by atoms with E-state index in [1.165, 1.54) is 0 Å². The molecule has 0 unspecified atom stereocenters. The topological polar surface area (TPSA) is 64.3 Å². The van der Waals surface area contributed by atoms with Gasteiger partial charge < -0.3 is 15.8 Å². The second-order valence-electron chi connectivity index (χ2n) is 6.35. The second-order valence-corrected chi connectivity index (χ2v) is 6.35. The Hall–Kier alpha value is -1.55. The smallest absolute Gasteiger partial charge is 0.250 e. The minimum absolute atomic E-state index is 0.111. The van der Waals surface area contributed by atoms with Crippen LogP contribution >= 0.6 is 0 Å². The molecule has 4 heteroatoms. The summed E-state index contributed by atoms with van der Waals surface area (Å²) >= 11 is 0. The van der Waals surface area contributed by atoms with Crippen LogP contribution in [0.1, 0.15) is 39.5 Å². The lowest BCUT2D eigenvalue weighted by Crippen LogP contribution is -2.29. The molecule has 0 bridgehead atoms. The van der Waals surface area contributed by atoms with Crippen LogP contribution in [0.15, 0.2) is 24.3 Å². The normalized spacial score (nSPS) is 18.7. The largest absolute Gasteiger partial charge is 0.399 e. The molecule has 3 N–H and O–H groups in total.